The molecule has 16 heavy (non-hydrogen) atoms. The van der Waals surface area contributed by atoms with Crippen molar-refractivity contribution in [2.75, 3.05) is 12.9 Å². The summed E-state index contributed by atoms with van der Waals surface area (Å²) in [7, 11) is 0. The maximum absolute atomic E-state index is 12.1. The van der Waals surface area contributed by atoms with Crippen molar-refractivity contribution in [2.45, 2.75) is 50.8 Å². The van der Waals surface area contributed by atoms with E-state index in [0.29, 0.717) is 0 Å². The molecule has 94 valence electrons. The van der Waals surface area contributed by atoms with E-state index in [1.807, 2.05) is 13.2 Å². The molecule has 0 aromatic heterocycles. The highest BCUT2D eigenvalue weighted by Gasteiger charge is 2.37. The Kier molecular flexibility index (Phi) is 5.12. The van der Waals surface area contributed by atoms with Crippen LogP contribution in [0.5, 0.6) is 0 Å². The molecule has 0 aromatic rings. The van der Waals surface area contributed by atoms with E-state index in [0.717, 1.165) is 25.7 Å². The molecule has 2 atom stereocenters. The summed E-state index contributed by atoms with van der Waals surface area (Å²) < 4.78 is 0. The predicted octanol–water partition coefficient (Wildman–Crippen LogP) is 1.80. The molecule has 0 spiro atoms. The number of aliphatic hydroxyl groups excluding tert-OH is 1. The van der Waals surface area contributed by atoms with Gasteiger partial charge in [0.05, 0.1) is 6.61 Å². The number of hydrogen-bond acceptors (Lipinski definition) is 3. The van der Waals surface area contributed by atoms with Crippen LogP contribution in [0.4, 0.5) is 0 Å². The van der Waals surface area contributed by atoms with Crippen LogP contribution in [0.15, 0.2) is 0 Å². The molecule has 1 aliphatic rings. The van der Waals surface area contributed by atoms with Gasteiger partial charge in [-0.15, -0.1) is 0 Å². The van der Waals surface area contributed by atoms with Crippen LogP contribution in [-0.2, 0) is 4.79 Å². The Hall–Kier alpha value is -0.220. The second-order valence-electron chi connectivity index (χ2n) is 4.99. The minimum atomic E-state index is -0.174. The monoisotopic (exact) mass is 245 g/mol. The fourth-order valence-corrected chi connectivity index (χ4v) is 2.92. The van der Waals surface area contributed by atoms with Crippen LogP contribution in [-0.4, -0.2) is 35.2 Å². The lowest BCUT2D eigenvalue weighted by Gasteiger charge is -2.28. The summed E-state index contributed by atoms with van der Waals surface area (Å²) in [5.41, 5.74) is -0.174. The molecule has 2 unspecified atom stereocenters. The van der Waals surface area contributed by atoms with Gasteiger partial charge in [-0.1, -0.05) is 19.8 Å². The van der Waals surface area contributed by atoms with Crippen LogP contribution >= 0.6 is 11.8 Å². The summed E-state index contributed by atoms with van der Waals surface area (Å²) in [4.78, 5) is 12.1. The minimum absolute atomic E-state index is 0.0323. The van der Waals surface area contributed by atoms with E-state index in [2.05, 4.69) is 12.2 Å². The predicted molar refractivity (Wildman–Crippen MR) is 68.6 cm³/mol. The molecule has 3 nitrogen and oxygen atoms in total. The van der Waals surface area contributed by atoms with Gasteiger partial charge in [0.25, 0.3) is 0 Å². The second-order valence-corrected chi connectivity index (χ2v) is 6.06. The standard InChI is InChI=1S/C12H23NO2S/c1-9(10(8-14)16-3)13-11(15)12(2)6-4-5-7-12/h9-10,14H,4-8H2,1-3H3,(H,13,15). The van der Waals surface area contributed by atoms with Gasteiger partial charge in [-0.05, 0) is 26.0 Å². The molecule has 2 N–H and O–H groups in total. The Labute approximate surface area is 102 Å². The maximum Gasteiger partial charge on any atom is 0.226 e. The Balaban J connectivity index is 2.50. The average molecular weight is 245 g/mol. The Morgan fingerprint density at radius 3 is 2.50 bits per heavy atom. The molecule has 0 saturated heterocycles. The van der Waals surface area contributed by atoms with Gasteiger partial charge in [0.15, 0.2) is 0 Å². The number of aliphatic hydroxyl groups is 1. The van der Waals surface area contributed by atoms with Crippen LogP contribution in [0.25, 0.3) is 0 Å². The Bertz CT molecular complexity index is 235. The first-order valence-electron chi connectivity index (χ1n) is 5.98. The molecular formula is C12H23NO2S. The highest BCUT2D eigenvalue weighted by atomic mass is 32.2. The zero-order valence-electron chi connectivity index (χ0n) is 10.5. The van der Waals surface area contributed by atoms with Crippen molar-refractivity contribution in [3.8, 4) is 0 Å². The third-order valence-electron chi connectivity index (χ3n) is 3.65. The zero-order chi connectivity index (χ0) is 12.2. The molecule has 1 rings (SSSR count). The molecule has 1 amide bonds. The van der Waals surface area contributed by atoms with E-state index in [9.17, 15) is 4.79 Å². The summed E-state index contributed by atoms with van der Waals surface area (Å²) in [6.07, 6.45) is 6.26. The summed E-state index contributed by atoms with van der Waals surface area (Å²) in [5.74, 6) is 0.157. The quantitative estimate of drug-likeness (QED) is 0.776. The number of rotatable bonds is 5. The number of thioether (sulfide) groups is 1. The van der Waals surface area contributed by atoms with E-state index in [1.54, 1.807) is 11.8 Å². The number of carbonyl (C=O) groups is 1. The average Bonchev–Trinajstić information content (AvgIpc) is 2.68. The minimum Gasteiger partial charge on any atom is -0.395 e. The number of hydrogen-bond donors (Lipinski definition) is 2. The van der Waals surface area contributed by atoms with Crippen molar-refractivity contribution in [1.82, 2.24) is 5.32 Å². The Morgan fingerprint density at radius 2 is 2.06 bits per heavy atom. The number of carbonyl (C=O) groups excluding carboxylic acids is 1. The van der Waals surface area contributed by atoms with Gasteiger partial charge in [0, 0.05) is 16.7 Å². The smallest absolute Gasteiger partial charge is 0.226 e. The van der Waals surface area contributed by atoms with Crippen molar-refractivity contribution in [1.29, 1.82) is 0 Å². The van der Waals surface area contributed by atoms with Crippen LogP contribution in [0.1, 0.15) is 39.5 Å². The molecule has 1 aliphatic carbocycles. The highest BCUT2D eigenvalue weighted by molar-refractivity contribution is 7.99. The lowest BCUT2D eigenvalue weighted by Crippen LogP contribution is -2.46. The van der Waals surface area contributed by atoms with E-state index in [4.69, 9.17) is 5.11 Å². The fourth-order valence-electron chi connectivity index (χ4n) is 2.29. The van der Waals surface area contributed by atoms with E-state index in [1.165, 1.54) is 0 Å². The van der Waals surface area contributed by atoms with Gasteiger partial charge < -0.3 is 10.4 Å². The molecule has 0 aromatic carbocycles. The van der Waals surface area contributed by atoms with Gasteiger partial charge in [0.2, 0.25) is 5.91 Å². The summed E-state index contributed by atoms with van der Waals surface area (Å²) in [6.45, 7) is 4.13. The van der Waals surface area contributed by atoms with Gasteiger partial charge in [-0.3, -0.25) is 4.79 Å². The molecule has 0 aliphatic heterocycles. The largest absolute Gasteiger partial charge is 0.395 e. The van der Waals surface area contributed by atoms with Crippen LogP contribution in [0.2, 0.25) is 0 Å². The molecule has 0 heterocycles. The zero-order valence-corrected chi connectivity index (χ0v) is 11.3. The first-order valence-corrected chi connectivity index (χ1v) is 7.27. The van der Waals surface area contributed by atoms with Crippen molar-refractivity contribution >= 4 is 17.7 Å². The topological polar surface area (TPSA) is 49.3 Å². The third kappa shape index (κ3) is 3.14. The van der Waals surface area contributed by atoms with E-state index >= 15 is 0 Å². The molecule has 1 saturated carbocycles. The van der Waals surface area contributed by atoms with Crippen LogP contribution < -0.4 is 5.32 Å². The van der Waals surface area contributed by atoms with Gasteiger partial charge >= 0.3 is 0 Å². The fraction of sp³-hybridized carbons (Fsp3) is 0.917. The maximum atomic E-state index is 12.1. The van der Waals surface area contributed by atoms with E-state index in [-0.39, 0.29) is 29.2 Å². The lowest BCUT2D eigenvalue weighted by molar-refractivity contribution is -0.130. The molecule has 0 radical (unpaired) electrons. The van der Waals surface area contributed by atoms with Gasteiger partial charge in [0.1, 0.15) is 0 Å². The number of nitrogens with one attached hydrogen (secondary N) is 1. The van der Waals surface area contributed by atoms with Crippen molar-refractivity contribution < 1.29 is 9.90 Å². The molecule has 4 heteroatoms. The summed E-state index contributed by atoms with van der Waals surface area (Å²) in [5, 5.41) is 12.3. The normalized spacial score (nSPS) is 22.8. The van der Waals surface area contributed by atoms with Crippen molar-refractivity contribution in [2.24, 2.45) is 5.41 Å². The number of amides is 1. The molecule has 0 bridgehead atoms. The SMILES string of the molecule is CSC(CO)C(C)NC(=O)C1(C)CCCC1. The second kappa shape index (κ2) is 5.92. The van der Waals surface area contributed by atoms with Crippen molar-refractivity contribution in [3.05, 3.63) is 0 Å². The van der Waals surface area contributed by atoms with Gasteiger partial charge in [-0.25, -0.2) is 0 Å². The Morgan fingerprint density at radius 1 is 1.50 bits per heavy atom. The van der Waals surface area contributed by atoms with E-state index < -0.39 is 0 Å². The van der Waals surface area contributed by atoms with Crippen LogP contribution in [0.3, 0.4) is 0 Å². The summed E-state index contributed by atoms with van der Waals surface area (Å²) >= 11 is 1.60. The third-order valence-corrected chi connectivity index (χ3v) is 4.82. The molecular weight excluding hydrogens is 222 g/mol. The van der Waals surface area contributed by atoms with Gasteiger partial charge in [-0.2, -0.15) is 11.8 Å². The van der Waals surface area contributed by atoms with Crippen LogP contribution in [0, 0.1) is 5.41 Å². The first kappa shape index (κ1) is 13.8. The first-order chi connectivity index (χ1) is 7.53. The van der Waals surface area contributed by atoms with Crippen molar-refractivity contribution in [3.63, 3.8) is 0 Å². The molecule has 1 fully saturated rings. The highest BCUT2D eigenvalue weighted by Crippen LogP contribution is 2.37. The lowest BCUT2D eigenvalue weighted by atomic mass is 9.87. The summed E-state index contributed by atoms with van der Waals surface area (Å²) in [6, 6.07) is 0.0323.